The molecular weight excluding hydrogens is 338 g/mol. The maximum atomic E-state index is 12.8. The number of carbonyl (C=O) groups is 2. The molecule has 1 aromatic rings. The van der Waals surface area contributed by atoms with Gasteiger partial charge in [0.2, 0.25) is 5.91 Å². The molecule has 3 rings (SSSR count). The zero-order valence-corrected chi connectivity index (χ0v) is 15.6. The Bertz CT molecular complexity index is 596. The van der Waals surface area contributed by atoms with Crippen molar-refractivity contribution in [1.82, 2.24) is 10.2 Å². The summed E-state index contributed by atoms with van der Waals surface area (Å²) in [5.41, 5.74) is 1.20. The molecule has 2 aliphatic rings. The van der Waals surface area contributed by atoms with Crippen LogP contribution in [0.15, 0.2) is 24.3 Å². The number of piperidine rings is 1. The van der Waals surface area contributed by atoms with Crippen LogP contribution >= 0.6 is 12.4 Å². The standard InChI is InChI=1S/C19H27N3O2.ClH/c1-14-8-10-22(11-9-14)19(24)16-4-2-3-5-17(16)21-18(23)13-20-12-15-6-7-15;/h2-5,14-15,20H,6-13H2,1H3,(H,21,23);1H. The minimum atomic E-state index is -0.0943. The third-order valence-electron chi connectivity index (χ3n) is 4.92. The second-order valence-electron chi connectivity index (χ2n) is 7.14. The van der Waals surface area contributed by atoms with Crippen LogP contribution in [0.4, 0.5) is 5.69 Å². The molecule has 0 aromatic heterocycles. The number of halogens is 1. The van der Waals surface area contributed by atoms with Gasteiger partial charge in [0, 0.05) is 13.1 Å². The molecule has 0 atom stereocenters. The van der Waals surface area contributed by atoms with Crippen molar-refractivity contribution < 1.29 is 9.59 Å². The minimum Gasteiger partial charge on any atom is -0.339 e. The highest BCUT2D eigenvalue weighted by Crippen LogP contribution is 2.27. The Hall–Kier alpha value is -1.59. The molecule has 2 fully saturated rings. The van der Waals surface area contributed by atoms with E-state index in [9.17, 15) is 9.59 Å². The molecule has 6 heteroatoms. The first kappa shape index (κ1) is 19.7. The summed E-state index contributed by atoms with van der Waals surface area (Å²) < 4.78 is 0. The first-order valence-electron chi connectivity index (χ1n) is 9.02. The van der Waals surface area contributed by atoms with Crippen LogP contribution in [0.2, 0.25) is 0 Å². The highest BCUT2D eigenvalue weighted by molar-refractivity contribution is 6.04. The van der Waals surface area contributed by atoms with Crippen LogP contribution in [0.25, 0.3) is 0 Å². The molecular formula is C19H28ClN3O2. The molecule has 1 aliphatic carbocycles. The van der Waals surface area contributed by atoms with Gasteiger partial charge < -0.3 is 15.5 Å². The fourth-order valence-corrected chi connectivity index (χ4v) is 3.07. The van der Waals surface area contributed by atoms with Crippen molar-refractivity contribution in [2.75, 3.05) is 31.5 Å². The number of likely N-dealkylation sites (tertiary alicyclic amines) is 1. The van der Waals surface area contributed by atoms with Crippen molar-refractivity contribution in [1.29, 1.82) is 0 Å². The van der Waals surface area contributed by atoms with Crippen LogP contribution in [0, 0.1) is 11.8 Å². The van der Waals surface area contributed by atoms with E-state index in [0.29, 0.717) is 23.7 Å². The highest BCUT2D eigenvalue weighted by Gasteiger charge is 2.24. The molecule has 2 amide bonds. The molecule has 0 unspecified atom stereocenters. The van der Waals surface area contributed by atoms with Gasteiger partial charge in [-0.3, -0.25) is 9.59 Å². The third kappa shape index (κ3) is 5.72. The second kappa shape index (κ2) is 9.20. The van der Waals surface area contributed by atoms with Crippen LogP contribution in [0.1, 0.15) is 43.0 Å². The summed E-state index contributed by atoms with van der Waals surface area (Å²) in [4.78, 5) is 26.8. The number of amides is 2. The van der Waals surface area contributed by atoms with Gasteiger partial charge in [-0.2, -0.15) is 0 Å². The van der Waals surface area contributed by atoms with E-state index >= 15 is 0 Å². The van der Waals surface area contributed by atoms with E-state index in [2.05, 4.69) is 17.6 Å². The van der Waals surface area contributed by atoms with Gasteiger partial charge in [0.15, 0.2) is 0 Å². The van der Waals surface area contributed by atoms with Crippen LogP contribution in [0.5, 0.6) is 0 Å². The summed E-state index contributed by atoms with van der Waals surface area (Å²) in [5.74, 6) is 1.35. The van der Waals surface area contributed by atoms with E-state index in [1.54, 1.807) is 12.1 Å². The Morgan fingerprint density at radius 2 is 1.80 bits per heavy atom. The van der Waals surface area contributed by atoms with Crippen molar-refractivity contribution in [3.8, 4) is 0 Å². The van der Waals surface area contributed by atoms with Gasteiger partial charge >= 0.3 is 0 Å². The van der Waals surface area contributed by atoms with Gasteiger partial charge in [-0.05, 0) is 56.2 Å². The molecule has 0 bridgehead atoms. The number of hydrogen-bond acceptors (Lipinski definition) is 3. The third-order valence-corrected chi connectivity index (χ3v) is 4.92. The van der Waals surface area contributed by atoms with E-state index < -0.39 is 0 Å². The zero-order chi connectivity index (χ0) is 16.9. The highest BCUT2D eigenvalue weighted by atomic mass is 35.5. The molecule has 2 N–H and O–H groups in total. The summed E-state index contributed by atoms with van der Waals surface area (Å²) in [6.07, 6.45) is 4.62. The largest absolute Gasteiger partial charge is 0.339 e. The second-order valence-corrected chi connectivity index (χ2v) is 7.14. The monoisotopic (exact) mass is 365 g/mol. The molecule has 1 heterocycles. The van der Waals surface area contributed by atoms with E-state index in [-0.39, 0.29) is 24.2 Å². The number of benzene rings is 1. The van der Waals surface area contributed by atoms with Crippen LogP contribution < -0.4 is 10.6 Å². The topological polar surface area (TPSA) is 61.4 Å². The maximum Gasteiger partial charge on any atom is 0.255 e. The van der Waals surface area contributed by atoms with Crippen LogP contribution in [-0.2, 0) is 4.79 Å². The average molecular weight is 366 g/mol. The van der Waals surface area contributed by atoms with Crippen molar-refractivity contribution >= 4 is 29.9 Å². The number of rotatable bonds is 6. The van der Waals surface area contributed by atoms with Gasteiger partial charge in [-0.15, -0.1) is 12.4 Å². The number of hydrogen-bond donors (Lipinski definition) is 2. The Labute approximate surface area is 155 Å². The predicted octanol–water partition coefficient (Wildman–Crippen LogP) is 2.92. The Morgan fingerprint density at radius 3 is 2.48 bits per heavy atom. The molecule has 1 aromatic carbocycles. The van der Waals surface area contributed by atoms with Gasteiger partial charge in [0.25, 0.3) is 5.91 Å². The number of para-hydroxylation sites is 1. The summed E-state index contributed by atoms with van der Waals surface area (Å²) in [6.45, 7) is 5.02. The quantitative estimate of drug-likeness (QED) is 0.814. The average Bonchev–Trinajstić information content (AvgIpc) is 3.40. The number of anilines is 1. The van der Waals surface area contributed by atoms with Gasteiger partial charge in [0.1, 0.15) is 0 Å². The lowest BCUT2D eigenvalue weighted by atomic mass is 9.98. The molecule has 1 saturated heterocycles. The molecule has 138 valence electrons. The number of carbonyl (C=O) groups excluding carboxylic acids is 2. The van der Waals surface area contributed by atoms with Gasteiger partial charge in [-0.1, -0.05) is 19.1 Å². The Kier molecular flexibility index (Phi) is 7.26. The molecule has 25 heavy (non-hydrogen) atoms. The minimum absolute atomic E-state index is 0. The van der Waals surface area contributed by atoms with E-state index in [4.69, 9.17) is 0 Å². The van der Waals surface area contributed by atoms with Crippen molar-refractivity contribution in [3.05, 3.63) is 29.8 Å². The molecule has 0 radical (unpaired) electrons. The van der Waals surface area contributed by atoms with Gasteiger partial charge in [-0.25, -0.2) is 0 Å². The Balaban J connectivity index is 0.00000225. The fourth-order valence-electron chi connectivity index (χ4n) is 3.07. The number of nitrogens with zero attached hydrogens (tertiary/aromatic N) is 1. The van der Waals surface area contributed by atoms with E-state index in [1.807, 2.05) is 17.0 Å². The smallest absolute Gasteiger partial charge is 0.255 e. The summed E-state index contributed by atoms with van der Waals surface area (Å²) in [6, 6.07) is 7.30. The van der Waals surface area contributed by atoms with Crippen LogP contribution in [-0.4, -0.2) is 42.9 Å². The lowest BCUT2D eigenvalue weighted by molar-refractivity contribution is -0.115. The summed E-state index contributed by atoms with van der Waals surface area (Å²) in [7, 11) is 0. The normalized spacial score (nSPS) is 17.7. The zero-order valence-electron chi connectivity index (χ0n) is 14.8. The lowest BCUT2D eigenvalue weighted by Crippen LogP contribution is -2.38. The van der Waals surface area contributed by atoms with Crippen molar-refractivity contribution in [2.45, 2.75) is 32.6 Å². The van der Waals surface area contributed by atoms with E-state index in [1.165, 1.54) is 12.8 Å². The Morgan fingerprint density at radius 1 is 1.12 bits per heavy atom. The number of nitrogens with one attached hydrogen (secondary N) is 2. The molecule has 1 aliphatic heterocycles. The first-order valence-corrected chi connectivity index (χ1v) is 9.02. The van der Waals surface area contributed by atoms with Crippen LogP contribution in [0.3, 0.4) is 0 Å². The predicted molar refractivity (Wildman–Crippen MR) is 102 cm³/mol. The first-order chi connectivity index (χ1) is 11.6. The summed E-state index contributed by atoms with van der Waals surface area (Å²) >= 11 is 0. The van der Waals surface area contributed by atoms with Gasteiger partial charge in [0.05, 0.1) is 17.8 Å². The molecule has 1 saturated carbocycles. The van der Waals surface area contributed by atoms with Crippen molar-refractivity contribution in [2.24, 2.45) is 11.8 Å². The SMILES string of the molecule is CC1CCN(C(=O)c2ccccc2NC(=O)CNCC2CC2)CC1.Cl. The maximum absolute atomic E-state index is 12.8. The van der Waals surface area contributed by atoms with Crippen molar-refractivity contribution in [3.63, 3.8) is 0 Å². The molecule has 5 nitrogen and oxygen atoms in total. The summed E-state index contributed by atoms with van der Waals surface area (Å²) in [5, 5.41) is 6.06. The molecule has 0 spiro atoms. The van der Waals surface area contributed by atoms with E-state index in [0.717, 1.165) is 38.4 Å². The fraction of sp³-hybridized carbons (Fsp3) is 0.579. The lowest BCUT2D eigenvalue weighted by Gasteiger charge is -2.30.